The second-order valence-corrected chi connectivity index (χ2v) is 8.21. The molecule has 0 unspecified atom stereocenters. The molecular formula is C21H13Cl2N3OS2. The van der Waals surface area contributed by atoms with Crippen LogP contribution in [0.15, 0.2) is 66.0 Å². The monoisotopic (exact) mass is 457 g/mol. The zero-order valence-corrected chi connectivity index (χ0v) is 17.9. The van der Waals surface area contributed by atoms with E-state index in [1.807, 2.05) is 29.6 Å². The number of nitrogens with zero attached hydrogens (tertiary/aromatic N) is 1. The Morgan fingerprint density at radius 2 is 1.83 bits per heavy atom. The first-order chi connectivity index (χ1) is 14.0. The molecule has 0 radical (unpaired) electrons. The predicted molar refractivity (Wildman–Crippen MR) is 125 cm³/mol. The number of thiocarbonyl (C=S) groups is 1. The lowest BCUT2D eigenvalue weighted by Gasteiger charge is -2.08. The first-order valence-electron chi connectivity index (χ1n) is 8.52. The molecule has 3 aromatic carbocycles. The van der Waals surface area contributed by atoms with Gasteiger partial charge in [-0.25, -0.2) is 4.98 Å². The molecular weight excluding hydrogens is 445 g/mol. The standard InChI is InChI=1S/C21H13Cl2N3OS2/c22-13-8-9-16(17(23)10-13)19(27)25-20(28)26-21-24-18(11-29-21)15-7-3-5-12-4-1-2-6-14(12)15/h1-11H,(H2,24,25,26,27,28). The number of anilines is 1. The van der Waals surface area contributed by atoms with E-state index < -0.39 is 5.91 Å². The Kier molecular flexibility index (Phi) is 5.78. The van der Waals surface area contributed by atoms with Crippen LogP contribution in [0.25, 0.3) is 22.0 Å². The fraction of sp³-hybridized carbons (Fsp3) is 0. The largest absolute Gasteiger partial charge is 0.308 e. The van der Waals surface area contributed by atoms with Crippen molar-refractivity contribution < 1.29 is 4.79 Å². The Labute approximate surface area is 186 Å². The number of fused-ring (bicyclic) bond motifs is 1. The van der Waals surface area contributed by atoms with Crippen molar-refractivity contribution in [1.82, 2.24) is 10.3 Å². The maximum atomic E-state index is 12.4. The highest BCUT2D eigenvalue weighted by molar-refractivity contribution is 7.80. The molecule has 0 aliphatic carbocycles. The van der Waals surface area contributed by atoms with Crippen LogP contribution < -0.4 is 10.6 Å². The van der Waals surface area contributed by atoms with E-state index in [-0.39, 0.29) is 15.7 Å². The number of halogens is 2. The van der Waals surface area contributed by atoms with Crippen LogP contribution in [0.1, 0.15) is 10.4 Å². The minimum absolute atomic E-state index is 0.139. The molecule has 4 nitrogen and oxygen atoms in total. The Morgan fingerprint density at radius 3 is 2.66 bits per heavy atom. The summed E-state index contributed by atoms with van der Waals surface area (Å²) in [7, 11) is 0. The molecule has 0 aliphatic rings. The normalized spacial score (nSPS) is 10.7. The predicted octanol–water partition coefficient (Wildman–Crippen LogP) is 6.40. The summed E-state index contributed by atoms with van der Waals surface area (Å²) in [6, 6.07) is 18.9. The Hall–Kier alpha value is -2.51. The van der Waals surface area contributed by atoms with E-state index in [2.05, 4.69) is 33.8 Å². The summed E-state index contributed by atoms with van der Waals surface area (Å²) in [4.78, 5) is 17.0. The molecule has 0 fully saturated rings. The topological polar surface area (TPSA) is 54.0 Å². The summed E-state index contributed by atoms with van der Waals surface area (Å²) in [6.07, 6.45) is 0. The Bertz CT molecular complexity index is 1230. The number of amides is 1. The van der Waals surface area contributed by atoms with Gasteiger partial charge >= 0.3 is 0 Å². The van der Waals surface area contributed by atoms with Gasteiger partial charge < -0.3 is 5.32 Å². The van der Waals surface area contributed by atoms with E-state index in [1.54, 1.807) is 12.1 Å². The van der Waals surface area contributed by atoms with E-state index in [4.69, 9.17) is 35.4 Å². The molecule has 29 heavy (non-hydrogen) atoms. The molecule has 0 aliphatic heterocycles. The fourth-order valence-corrected chi connectivity index (χ4v) is 4.34. The van der Waals surface area contributed by atoms with Crippen molar-refractivity contribution in [2.24, 2.45) is 0 Å². The van der Waals surface area contributed by atoms with Gasteiger partial charge in [0.2, 0.25) is 0 Å². The maximum absolute atomic E-state index is 12.4. The number of hydrogen-bond donors (Lipinski definition) is 2. The third kappa shape index (κ3) is 4.41. The Balaban J connectivity index is 1.49. The van der Waals surface area contributed by atoms with Crippen molar-refractivity contribution in [3.05, 3.63) is 81.7 Å². The molecule has 0 saturated carbocycles. The first kappa shape index (κ1) is 19.8. The highest BCUT2D eigenvalue weighted by Gasteiger charge is 2.14. The van der Waals surface area contributed by atoms with Crippen molar-refractivity contribution in [3.8, 4) is 11.3 Å². The number of thiazole rings is 1. The number of rotatable bonds is 3. The van der Waals surface area contributed by atoms with Crippen molar-refractivity contribution in [2.45, 2.75) is 0 Å². The average molecular weight is 458 g/mol. The molecule has 8 heteroatoms. The number of hydrogen-bond acceptors (Lipinski definition) is 4. The molecule has 0 bridgehead atoms. The van der Waals surface area contributed by atoms with Gasteiger partial charge in [-0.15, -0.1) is 11.3 Å². The van der Waals surface area contributed by atoms with E-state index in [1.165, 1.54) is 17.4 Å². The summed E-state index contributed by atoms with van der Waals surface area (Å²) < 4.78 is 0. The van der Waals surface area contributed by atoms with Gasteiger partial charge in [-0.1, -0.05) is 65.7 Å². The second-order valence-electron chi connectivity index (χ2n) is 6.10. The third-order valence-electron chi connectivity index (χ3n) is 4.19. The number of carbonyl (C=O) groups excluding carboxylic acids is 1. The molecule has 0 spiro atoms. The Morgan fingerprint density at radius 1 is 1.03 bits per heavy atom. The van der Waals surface area contributed by atoms with Crippen molar-refractivity contribution in [3.63, 3.8) is 0 Å². The minimum Gasteiger partial charge on any atom is -0.308 e. The van der Waals surface area contributed by atoms with Crippen LogP contribution in [0.4, 0.5) is 5.13 Å². The zero-order valence-electron chi connectivity index (χ0n) is 14.8. The smallest absolute Gasteiger partial charge is 0.258 e. The summed E-state index contributed by atoms with van der Waals surface area (Å²) in [6.45, 7) is 0. The summed E-state index contributed by atoms with van der Waals surface area (Å²) in [5.41, 5.74) is 2.16. The van der Waals surface area contributed by atoms with E-state index in [0.717, 1.165) is 22.0 Å². The quantitative estimate of drug-likeness (QED) is 0.349. The zero-order chi connectivity index (χ0) is 20.4. The van der Waals surface area contributed by atoms with Gasteiger partial charge in [0, 0.05) is 16.0 Å². The lowest BCUT2D eigenvalue weighted by atomic mass is 10.0. The number of aromatic nitrogens is 1. The molecule has 2 N–H and O–H groups in total. The summed E-state index contributed by atoms with van der Waals surface area (Å²) in [5.74, 6) is -0.421. The van der Waals surface area contributed by atoms with Crippen LogP contribution in [-0.4, -0.2) is 16.0 Å². The van der Waals surface area contributed by atoms with Crippen LogP contribution in [0, 0.1) is 0 Å². The van der Waals surface area contributed by atoms with Gasteiger partial charge in [0.1, 0.15) is 0 Å². The number of benzene rings is 3. The van der Waals surface area contributed by atoms with Crippen molar-refractivity contribution in [2.75, 3.05) is 5.32 Å². The molecule has 1 aromatic heterocycles. The van der Waals surface area contributed by atoms with Crippen molar-refractivity contribution in [1.29, 1.82) is 0 Å². The molecule has 4 aromatic rings. The van der Waals surface area contributed by atoms with Gasteiger partial charge in [-0.05, 0) is 41.2 Å². The van der Waals surface area contributed by atoms with Gasteiger partial charge in [0.15, 0.2) is 10.2 Å². The van der Waals surface area contributed by atoms with Crippen LogP contribution in [-0.2, 0) is 0 Å². The van der Waals surface area contributed by atoms with Gasteiger partial charge in [0.25, 0.3) is 5.91 Å². The first-order valence-corrected chi connectivity index (χ1v) is 10.6. The third-order valence-corrected chi connectivity index (χ3v) is 5.70. The summed E-state index contributed by atoms with van der Waals surface area (Å²) >= 11 is 18.6. The van der Waals surface area contributed by atoms with Crippen molar-refractivity contribution >= 4 is 73.7 Å². The summed E-state index contributed by atoms with van der Waals surface area (Å²) in [5, 5.41) is 11.2. The highest BCUT2D eigenvalue weighted by Crippen LogP contribution is 2.31. The average Bonchev–Trinajstić information content (AvgIpc) is 3.15. The minimum atomic E-state index is -0.421. The van der Waals surface area contributed by atoms with Crippen LogP contribution >= 0.6 is 46.8 Å². The second kappa shape index (κ2) is 8.47. The van der Waals surface area contributed by atoms with E-state index in [0.29, 0.717) is 10.2 Å². The lowest BCUT2D eigenvalue weighted by molar-refractivity contribution is 0.0978. The van der Waals surface area contributed by atoms with Crippen LogP contribution in [0.3, 0.4) is 0 Å². The molecule has 0 atom stereocenters. The van der Waals surface area contributed by atoms with E-state index in [9.17, 15) is 4.79 Å². The molecule has 144 valence electrons. The van der Waals surface area contributed by atoms with Gasteiger partial charge in [0.05, 0.1) is 16.3 Å². The fourth-order valence-electron chi connectivity index (χ4n) is 2.88. The lowest BCUT2D eigenvalue weighted by Crippen LogP contribution is -2.34. The van der Waals surface area contributed by atoms with Gasteiger partial charge in [-0.3, -0.25) is 10.1 Å². The van der Waals surface area contributed by atoms with Crippen LogP contribution in [0.2, 0.25) is 10.0 Å². The SMILES string of the molecule is O=C(NC(=S)Nc1nc(-c2cccc3ccccc23)cs1)c1ccc(Cl)cc1Cl. The molecule has 1 amide bonds. The number of nitrogens with one attached hydrogen (secondary N) is 2. The number of carbonyl (C=O) groups is 1. The molecule has 0 saturated heterocycles. The van der Waals surface area contributed by atoms with Crippen LogP contribution in [0.5, 0.6) is 0 Å². The van der Waals surface area contributed by atoms with Gasteiger partial charge in [-0.2, -0.15) is 0 Å². The highest BCUT2D eigenvalue weighted by atomic mass is 35.5. The maximum Gasteiger partial charge on any atom is 0.258 e. The van der Waals surface area contributed by atoms with E-state index >= 15 is 0 Å². The molecule has 1 heterocycles. The molecule has 4 rings (SSSR count).